The Morgan fingerprint density at radius 2 is 1.88 bits per heavy atom. The third-order valence-electron chi connectivity index (χ3n) is 6.83. The van der Waals surface area contributed by atoms with Crippen LogP contribution in [0.5, 0.6) is 5.75 Å². The minimum Gasteiger partial charge on any atom is -0.497 e. The summed E-state index contributed by atoms with van der Waals surface area (Å²) in [5.41, 5.74) is 1.51. The first-order valence-corrected chi connectivity index (χ1v) is 11.3. The summed E-state index contributed by atoms with van der Waals surface area (Å²) in [4.78, 5) is 17.7. The first-order chi connectivity index (χ1) is 15.2. The number of carbonyl (C=O) groups is 1. The number of hydrogen-bond donors (Lipinski definition) is 0. The molecule has 3 atom stereocenters. The van der Waals surface area contributed by atoms with Crippen LogP contribution in [0.25, 0.3) is 0 Å². The molecule has 2 aliphatic rings. The lowest BCUT2D eigenvalue weighted by molar-refractivity contribution is -0.141. The van der Waals surface area contributed by atoms with Crippen LogP contribution in [-0.2, 0) is 11.3 Å². The van der Waals surface area contributed by atoms with Crippen LogP contribution in [0.4, 0.5) is 8.78 Å². The van der Waals surface area contributed by atoms with Gasteiger partial charge in [-0.05, 0) is 41.8 Å². The van der Waals surface area contributed by atoms with Gasteiger partial charge in [0.05, 0.1) is 7.11 Å². The summed E-state index contributed by atoms with van der Waals surface area (Å²) >= 11 is 0. The predicted molar refractivity (Wildman–Crippen MR) is 120 cm³/mol. The van der Waals surface area contributed by atoms with Crippen LogP contribution in [-0.4, -0.2) is 48.5 Å². The van der Waals surface area contributed by atoms with E-state index < -0.39 is 17.0 Å². The second-order valence-corrected chi connectivity index (χ2v) is 10.1. The highest BCUT2D eigenvalue weighted by atomic mass is 19.2. The fourth-order valence-corrected chi connectivity index (χ4v) is 5.23. The molecule has 2 saturated heterocycles. The van der Waals surface area contributed by atoms with E-state index in [-0.39, 0.29) is 23.8 Å². The van der Waals surface area contributed by atoms with Crippen molar-refractivity contribution < 1.29 is 18.3 Å². The summed E-state index contributed by atoms with van der Waals surface area (Å²) in [6, 6.07) is 12.4. The number of ether oxygens (including phenoxy) is 1. The molecule has 172 valence electrons. The molecule has 2 fully saturated rings. The number of carbonyl (C=O) groups excluding carboxylic acids is 1. The standard InChI is InChI=1S/C26H32F2N2O2/c1-26(2,3)25(31)30-16-20(18-6-5-7-19(13-18)32-4)21-15-29(11-10-24(21)30)14-17-8-9-22(27)23(28)12-17/h5-9,12-13,20-21,24H,10-11,14-16H2,1-4H3/t20-,21-,24-/m0/s1. The highest BCUT2D eigenvalue weighted by Gasteiger charge is 2.48. The number of rotatable bonds is 4. The summed E-state index contributed by atoms with van der Waals surface area (Å²) in [6.07, 6.45) is 0.872. The molecule has 2 aromatic rings. The molecule has 6 heteroatoms. The molecule has 0 aromatic heterocycles. The Kier molecular flexibility index (Phi) is 6.26. The van der Waals surface area contributed by atoms with Gasteiger partial charge in [-0.3, -0.25) is 9.69 Å². The summed E-state index contributed by atoms with van der Waals surface area (Å²) in [5, 5.41) is 0. The van der Waals surface area contributed by atoms with Crippen molar-refractivity contribution in [2.24, 2.45) is 11.3 Å². The first-order valence-electron chi connectivity index (χ1n) is 11.3. The number of likely N-dealkylation sites (tertiary alicyclic amines) is 2. The number of piperidine rings is 1. The molecule has 2 aromatic carbocycles. The highest BCUT2D eigenvalue weighted by molar-refractivity contribution is 5.82. The number of halogens is 2. The molecule has 4 rings (SSSR count). The highest BCUT2D eigenvalue weighted by Crippen LogP contribution is 2.43. The van der Waals surface area contributed by atoms with Gasteiger partial charge in [0.2, 0.25) is 5.91 Å². The number of fused-ring (bicyclic) bond motifs is 1. The van der Waals surface area contributed by atoms with Gasteiger partial charge in [0, 0.05) is 49.5 Å². The predicted octanol–water partition coefficient (Wildman–Crippen LogP) is 4.84. The molecule has 0 aliphatic carbocycles. The molecule has 0 radical (unpaired) electrons. The van der Waals surface area contributed by atoms with Gasteiger partial charge in [-0.2, -0.15) is 0 Å². The van der Waals surface area contributed by atoms with Crippen molar-refractivity contribution in [3.8, 4) is 5.75 Å². The van der Waals surface area contributed by atoms with Crippen LogP contribution in [0.2, 0.25) is 0 Å². The molecule has 2 heterocycles. The van der Waals surface area contributed by atoms with Gasteiger partial charge >= 0.3 is 0 Å². The average Bonchev–Trinajstić information content (AvgIpc) is 3.14. The summed E-state index contributed by atoms with van der Waals surface area (Å²) < 4.78 is 32.5. The van der Waals surface area contributed by atoms with Crippen molar-refractivity contribution in [1.82, 2.24) is 9.80 Å². The Bertz CT molecular complexity index is 988. The molecule has 0 saturated carbocycles. The number of benzene rings is 2. The van der Waals surface area contributed by atoms with Crippen LogP contribution in [0.15, 0.2) is 42.5 Å². The minimum atomic E-state index is -0.822. The number of hydrogen-bond acceptors (Lipinski definition) is 3. The van der Waals surface area contributed by atoms with E-state index in [4.69, 9.17) is 4.74 Å². The lowest BCUT2D eigenvalue weighted by Gasteiger charge is -2.40. The maximum atomic E-state index is 13.7. The fourth-order valence-electron chi connectivity index (χ4n) is 5.23. The van der Waals surface area contributed by atoms with Gasteiger partial charge in [-0.1, -0.05) is 39.0 Å². The van der Waals surface area contributed by atoms with Crippen LogP contribution in [0.1, 0.15) is 44.2 Å². The van der Waals surface area contributed by atoms with Crippen molar-refractivity contribution in [3.05, 3.63) is 65.2 Å². The Morgan fingerprint density at radius 3 is 2.56 bits per heavy atom. The smallest absolute Gasteiger partial charge is 0.228 e. The van der Waals surface area contributed by atoms with E-state index in [1.165, 1.54) is 17.7 Å². The maximum Gasteiger partial charge on any atom is 0.228 e. The molecule has 0 N–H and O–H groups in total. The van der Waals surface area contributed by atoms with Crippen molar-refractivity contribution in [1.29, 1.82) is 0 Å². The molecular formula is C26H32F2N2O2. The zero-order chi connectivity index (χ0) is 23.0. The molecule has 32 heavy (non-hydrogen) atoms. The zero-order valence-electron chi connectivity index (χ0n) is 19.3. The largest absolute Gasteiger partial charge is 0.497 e. The number of nitrogens with zero attached hydrogens (tertiary/aromatic N) is 2. The van der Waals surface area contributed by atoms with Crippen LogP contribution in [0, 0.1) is 23.0 Å². The topological polar surface area (TPSA) is 32.8 Å². The third kappa shape index (κ3) is 4.51. The maximum absolute atomic E-state index is 13.7. The van der Waals surface area contributed by atoms with Crippen molar-refractivity contribution in [2.45, 2.75) is 45.7 Å². The van der Waals surface area contributed by atoms with Gasteiger partial charge in [0.15, 0.2) is 11.6 Å². The average molecular weight is 443 g/mol. The monoisotopic (exact) mass is 442 g/mol. The Hall–Kier alpha value is -2.47. The van der Waals surface area contributed by atoms with E-state index in [2.05, 4.69) is 21.9 Å². The first kappa shape index (κ1) is 22.7. The van der Waals surface area contributed by atoms with Gasteiger partial charge in [0.25, 0.3) is 0 Å². The molecule has 2 aliphatic heterocycles. The normalized spacial score (nSPS) is 23.8. The van der Waals surface area contributed by atoms with Gasteiger partial charge in [-0.15, -0.1) is 0 Å². The fraction of sp³-hybridized carbons (Fsp3) is 0.500. The van der Waals surface area contributed by atoms with Gasteiger partial charge < -0.3 is 9.64 Å². The SMILES string of the molecule is COc1cccc([C@@H]2CN(C(=O)C(C)(C)C)[C@H]3CCN(Cc4ccc(F)c(F)c4)C[C@@H]23)c1. The minimum absolute atomic E-state index is 0.180. The Morgan fingerprint density at radius 1 is 1.09 bits per heavy atom. The van der Waals surface area contributed by atoms with E-state index in [1.807, 2.05) is 32.9 Å². The Labute approximate surface area is 189 Å². The second kappa shape index (κ2) is 8.81. The number of amides is 1. The van der Waals surface area contributed by atoms with E-state index in [1.54, 1.807) is 13.2 Å². The summed E-state index contributed by atoms with van der Waals surface area (Å²) in [6.45, 7) is 8.80. The molecule has 0 spiro atoms. The van der Waals surface area contributed by atoms with Gasteiger partial charge in [0.1, 0.15) is 5.75 Å². The van der Waals surface area contributed by atoms with E-state index in [9.17, 15) is 13.6 Å². The molecule has 0 unspecified atom stereocenters. The molecule has 4 nitrogen and oxygen atoms in total. The molecule has 0 bridgehead atoms. The lowest BCUT2D eigenvalue weighted by Crippen LogP contribution is -2.49. The van der Waals surface area contributed by atoms with E-state index in [0.29, 0.717) is 13.1 Å². The van der Waals surface area contributed by atoms with Crippen molar-refractivity contribution >= 4 is 5.91 Å². The van der Waals surface area contributed by atoms with Crippen LogP contribution in [0.3, 0.4) is 0 Å². The molecular weight excluding hydrogens is 410 g/mol. The summed E-state index contributed by atoms with van der Waals surface area (Å²) in [7, 11) is 1.66. The third-order valence-corrected chi connectivity index (χ3v) is 6.83. The van der Waals surface area contributed by atoms with Crippen LogP contribution >= 0.6 is 0 Å². The van der Waals surface area contributed by atoms with Gasteiger partial charge in [-0.25, -0.2) is 8.78 Å². The van der Waals surface area contributed by atoms with Crippen molar-refractivity contribution in [2.75, 3.05) is 26.7 Å². The zero-order valence-corrected chi connectivity index (χ0v) is 19.3. The van der Waals surface area contributed by atoms with Crippen LogP contribution < -0.4 is 4.74 Å². The lowest BCUT2D eigenvalue weighted by atomic mass is 9.81. The quantitative estimate of drug-likeness (QED) is 0.680. The molecule has 1 amide bonds. The summed E-state index contributed by atoms with van der Waals surface area (Å²) in [5.74, 6) is -0.158. The van der Waals surface area contributed by atoms with Crippen molar-refractivity contribution in [3.63, 3.8) is 0 Å². The second-order valence-electron chi connectivity index (χ2n) is 10.1. The number of methoxy groups -OCH3 is 1. The Balaban J connectivity index is 1.60. The van der Waals surface area contributed by atoms with E-state index >= 15 is 0 Å². The van der Waals surface area contributed by atoms with E-state index in [0.717, 1.165) is 30.8 Å².